The van der Waals surface area contributed by atoms with E-state index < -0.39 is 0 Å². The molecule has 0 saturated carbocycles. The van der Waals surface area contributed by atoms with E-state index in [0.717, 1.165) is 21.3 Å². The molecule has 0 heterocycles. The predicted molar refractivity (Wildman–Crippen MR) is 98.8 cm³/mol. The van der Waals surface area contributed by atoms with E-state index in [4.69, 9.17) is 21.1 Å². The van der Waals surface area contributed by atoms with E-state index in [9.17, 15) is 0 Å². The molecule has 0 N–H and O–H groups in total. The largest absolute Gasteiger partial charge is 0.495 e. The Bertz CT molecular complexity index is 661. The van der Waals surface area contributed by atoms with Gasteiger partial charge in [0.25, 0.3) is 0 Å². The van der Waals surface area contributed by atoms with Gasteiger partial charge in [-0.3, -0.25) is 0 Å². The van der Waals surface area contributed by atoms with E-state index in [1.165, 1.54) is 9.13 Å². The van der Waals surface area contributed by atoms with Crippen LogP contribution in [0.2, 0.25) is 0 Å². The number of ether oxygens (including phenoxy) is 2. The van der Waals surface area contributed by atoms with Crippen molar-refractivity contribution in [2.45, 2.75) is 12.3 Å². The lowest BCUT2D eigenvalue weighted by atomic mass is 10.0. The Morgan fingerprint density at radius 1 is 1.10 bits per heavy atom. The monoisotopic (exact) mass is 480 g/mol. The van der Waals surface area contributed by atoms with Crippen molar-refractivity contribution in [3.8, 4) is 11.5 Å². The van der Waals surface area contributed by atoms with Crippen LogP contribution in [0.1, 0.15) is 22.1 Å². The van der Waals surface area contributed by atoms with Crippen LogP contribution < -0.4 is 9.47 Å². The highest BCUT2D eigenvalue weighted by Crippen LogP contribution is 2.44. The summed E-state index contributed by atoms with van der Waals surface area (Å²) < 4.78 is 12.8. The molecule has 2 aromatic rings. The highest BCUT2D eigenvalue weighted by molar-refractivity contribution is 14.1. The summed E-state index contributed by atoms with van der Waals surface area (Å²) in [6, 6.07) is 9.98. The summed E-state index contributed by atoms with van der Waals surface area (Å²) in [7, 11) is 3.26. The highest BCUT2D eigenvalue weighted by atomic mass is 127. The molecule has 2 aromatic carbocycles. The zero-order chi connectivity index (χ0) is 15.6. The van der Waals surface area contributed by atoms with Crippen LogP contribution in [0.25, 0.3) is 0 Å². The van der Waals surface area contributed by atoms with Gasteiger partial charge in [-0.25, -0.2) is 0 Å². The fraction of sp³-hybridized carbons (Fsp3) is 0.250. The maximum absolute atomic E-state index is 6.71. The second-order valence-corrected chi connectivity index (χ2v) is 6.85. The number of rotatable bonds is 4. The van der Waals surface area contributed by atoms with Gasteiger partial charge in [-0.15, -0.1) is 11.6 Å². The number of alkyl halides is 1. The molecule has 0 amide bonds. The highest BCUT2D eigenvalue weighted by Gasteiger charge is 2.22. The van der Waals surface area contributed by atoms with Gasteiger partial charge in [0.1, 0.15) is 16.0 Å². The first-order valence-electron chi connectivity index (χ1n) is 6.30. The predicted octanol–water partition coefficient (Wildman–Crippen LogP) is 5.71. The second kappa shape index (κ2) is 7.20. The number of hydrogen-bond donors (Lipinski definition) is 0. The molecule has 21 heavy (non-hydrogen) atoms. The van der Waals surface area contributed by atoms with Gasteiger partial charge in [0.15, 0.2) is 0 Å². The van der Waals surface area contributed by atoms with Gasteiger partial charge >= 0.3 is 0 Å². The van der Waals surface area contributed by atoms with E-state index in [2.05, 4.69) is 51.5 Å². The molecule has 0 radical (unpaired) electrons. The fourth-order valence-corrected chi connectivity index (χ4v) is 4.04. The average molecular weight is 482 g/mol. The molecule has 0 fully saturated rings. The van der Waals surface area contributed by atoms with Crippen LogP contribution in [-0.4, -0.2) is 14.2 Å². The molecular formula is C16H15BrClIO2. The van der Waals surface area contributed by atoms with Crippen molar-refractivity contribution in [2.75, 3.05) is 14.2 Å². The molecule has 0 saturated heterocycles. The Morgan fingerprint density at radius 3 is 2.43 bits per heavy atom. The third-order valence-electron chi connectivity index (χ3n) is 3.28. The minimum absolute atomic E-state index is 0.283. The maximum atomic E-state index is 6.71. The van der Waals surface area contributed by atoms with E-state index in [1.807, 2.05) is 24.3 Å². The van der Waals surface area contributed by atoms with Crippen molar-refractivity contribution in [2.24, 2.45) is 0 Å². The quantitative estimate of drug-likeness (QED) is 0.412. The maximum Gasteiger partial charge on any atom is 0.141 e. The van der Waals surface area contributed by atoms with Crippen molar-refractivity contribution < 1.29 is 9.47 Å². The first-order chi connectivity index (χ1) is 10.0. The smallest absolute Gasteiger partial charge is 0.141 e. The molecule has 0 aliphatic heterocycles. The van der Waals surface area contributed by atoms with Gasteiger partial charge in [0.2, 0.25) is 0 Å². The first kappa shape index (κ1) is 16.9. The van der Waals surface area contributed by atoms with Gasteiger partial charge in [-0.05, 0) is 68.7 Å². The lowest BCUT2D eigenvalue weighted by molar-refractivity contribution is 0.386. The van der Waals surface area contributed by atoms with Gasteiger partial charge < -0.3 is 9.47 Å². The molecule has 0 spiro atoms. The van der Waals surface area contributed by atoms with Crippen LogP contribution in [-0.2, 0) is 0 Å². The molecule has 5 heteroatoms. The topological polar surface area (TPSA) is 18.5 Å². The molecule has 1 unspecified atom stereocenters. The minimum atomic E-state index is -0.283. The van der Waals surface area contributed by atoms with Crippen molar-refractivity contribution >= 4 is 50.1 Å². The number of methoxy groups -OCH3 is 2. The number of benzene rings is 2. The van der Waals surface area contributed by atoms with Gasteiger partial charge in [0.05, 0.1) is 19.6 Å². The lowest BCUT2D eigenvalue weighted by Crippen LogP contribution is -2.02. The number of aryl methyl sites for hydroxylation is 1. The Labute approximate surface area is 152 Å². The zero-order valence-corrected chi connectivity index (χ0v) is 16.4. The standard InChI is InChI=1S/C16H15BrClIO2/c1-9-5-4-6-10(15(9)19)14(18)11-7-8-12(20-2)13(17)16(11)21-3/h4-8,14H,1-3H3. The molecule has 2 rings (SSSR count). The molecule has 0 aromatic heterocycles. The second-order valence-electron chi connectivity index (χ2n) is 4.54. The summed E-state index contributed by atoms with van der Waals surface area (Å²) >= 11 is 12.6. The normalized spacial score (nSPS) is 12.1. The van der Waals surface area contributed by atoms with Crippen LogP contribution in [0, 0.1) is 10.5 Å². The Morgan fingerprint density at radius 2 is 1.81 bits per heavy atom. The summed E-state index contributed by atoms with van der Waals surface area (Å²) in [5, 5.41) is -0.283. The molecule has 0 aliphatic carbocycles. The molecule has 0 aliphatic rings. The van der Waals surface area contributed by atoms with Crippen molar-refractivity contribution in [3.05, 3.63) is 55.1 Å². The summed E-state index contributed by atoms with van der Waals surface area (Å²) in [5.74, 6) is 1.42. The summed E-state index contributed by atoms with van der Waals surface area (Å²) in [4.78, 5) is 0. The summed E-state index contributed by atoms with van der Waals surface area (Å²) in [6.07, 6.45) is 0. The van der Waals surface area contributed by atoms with Crippen molar-refractivity contribution in [3.63, 3.8) is 0 Å². The summed E-state index contributed by atoms with van der Waals surface area (Å²) in [6.45, 7) is 2.08. The van der Waals surface area contributed by atoms with Crippen LogP contribution in [0.5, 0.6) is 11.5 Å². The van der Waals surface area contributed by atoms with E-state index in [-0.39, 0.29) is 5.38 Å². The molecule has 2 nitrogen and oxygen atoms in total. The lowest BCUT2D eigenvalue weighted by Gasteiger charge is -2.19. The number of halogens is 3. The fourth-order valence-electron chi connectivity index (χ4n) is 2.15. The van der Waals surface area contributed by atoms with E-state index in [0.29, 0.717) is 5.75 Å². The van der Waals surface area contributed by atoms with Crippen molar-refractivity contribution in [1.29, 1.82) is 0 Å². The number of hydrogen-bond acceptors (Lipinski definition) is 2. The van der Waals surface area contributed by atoms with Crippen LogP contribution in [0.3, 0.4) is 0 Å². The third-order valence-corrected chi connectivity index (χ3v) is 5.98. The Hall–Kier alpha value is -0.460. The zero-order valence-electron chi connectivity index (χ0n) is 11.9. The van der Waals surface area contributed by atoms with E-state index in [1.54, 1.807) is 14.2 Å². The molecule has 0 bridgehead atoms. The Balaban J connectivity index is 2.56. The van der Waals surface area contributed by atoms with Crippen LogP contribution in [0.15, 0.2) is 34.8 Å². The van der Waals surface area contributed by atoms with Gasteiger partial charge in [0, 0.05) is 9.13 Å². The van der Waals surface area contributed by atoms with Crippen molar-refractivity contribution in [1.82, 2.24) is 0 Å². The van der Waals surface area contributed by atoms with Crippen LogP contribution in [0.4, 0.5) is 0 Å². The third kappa shape index (κ3) is 3.32. The van der Waals surface area contributed by atoms with Gasteiger partial charge in [-0.1, -0.05) is 18.2 Å². The SMILES string of the molecule is COc1ccc(C(Cl)c2cccc(C)c2I)c(OC)c1Br. The molecule has 1 atom stereocenters. The molecule has 112 valence electrons. The first-order valence-corrected chi connectivity index (χ1v) is 8.61. The van der Waals surface area contributed by atoms with Gasteiger partial charge in [-0.2, -0.15) is 0 Å². The Kier molecular flexibility index (Phi) is 5.80. The minimum Gasteiger partial charge on any atom is -0.495 e. The average Bonchev–Trinajstić information content (AvgIpc) is 2.49. The van der Waals surface area contributed by atoms with E-state index >= 15 is 0 Å². The van der Waals surface area contributed by atoms with Crippen LogP contribution >= 0.6 is 50.1 Å². The summed E-state index contributed by atoms with van der Waals surface area (Å²) in [5.41, 5.74) is 3.20. The molecular weight excluding hydrogens is 466 g/mol.